The van der Waals surface area contributed by atoms with Crippen LogP contribution in [0.4, 0.5) is 4.39 Å². The van der Waals surface area contributed by atoms with Crippen molar-refractivity contribution in [2.45, 2.75) is 13.1 Å². The first-order chi connectivity index (χ1) is 10.2. The fourth-order valence-corrected chi connectivity index (χ4v) is 2.47. The van der Waals surface area contributed by atoms with E-state index in [1.165, 1.54) is 12.1 Å². The predicted molar refractivity (Wildman–Crippen MR) is 84.2 cm³/mol. The van der Waals surface area contributed by atoms with Crippen LogP contribution >= 0.6 is 15.9 Å². The summed E-state index contributed by atoms with van der Waals surface area (Å²) in [6.45, 7) is 1.15. The fourth-order valence-electron chi connectivity index (χ4n) is 2.08. The van der Waals surface area contributed by atoms with E-state index in [4.69, 9.17) is 0 Å². The fraction of sp³-hybridized carbons (Fsp3) is 0.125. The third-order valence-electron chi connectivity index (χ3n) is 3.13. The number of rotatable bonds is 4. The van der Waals surface area contributed by atoms with E-state index in [0.29, 0.717) is 13.1 Å². The summed E-state index contributed by atoms with van der Waals surface area (Å²) in [7, 11) is 0. The maximum atomic E-state index is 13.2. The Morgan fingerprint density at radius 3 is 2.71 bits per heavy atom. The minimum Gasteiger partial charge on any atom is -0.307 e. The number of fused-ring (bicyclic) bond motifs is 1. The molecule has 0 fully saturated rings. The van der Waals surface area contributed by atoms with Gasteiger partial charge in [-0.2, -0.15) is 0 Å². The molecule has 0 aliphatic carbocycles. The van der Waals surface area contributed by atoms with Gasteiger partial charge in [-0.1, -0.05) is 28.1 Å². The van der Waals surface area contributed by atoms with Crippen LogP contribution < -0.4 is 5.32 Å². The first-order valence-electron chi connectivity index (χ1n) is 6.58. The van der Waals surface area contributed by atoms with Crippen molar-refractivity contribution in [1.29, 1.82) is 0 Å². The molecular weight excluding hydrogens is 333 g/mol. The van der Waals surface area contributed by atoms with Crippen LogP contribution in [0.3, 0.4) is 0 Å². The second-order valence-corrected chi connectivity index (χ2v) is 5.54. The molecule has 21 heavy (non-hydrogen) atoms. The highest BCUT2D eigenvalue weighted by Crippen LogP contribution is 2.17. The van der Waals surface area contributed by atoms with Gasteiger partial charge in [0.2, 0.25) is 0 Å². The Bertz CT molecular complexity index is 776. The number of benzene rings is 2. The highest BCUT2D eigenvalue weighted by atomic mass is 79.9. The zero-order valence-corrected chi connectivity index (χ0v) is 12.8. The van der Waals surface area contributed by atoms with E-state index >= 15 is 0 Å². The lowest BCUT2D eigenvalue weighted by atomic mass is 10.2. The van der Waals surface area contributed by atoms with Crippen LogP contribution in [0.25, 0.3) is 11.0 Å². The summed E-state index contributed by atoms with van der Waals surface area (Å²) < 4.78 is 14.1. The Kier molecular flexibility index (Phi) is 4.22. The van der Waals surface area contributed by atoms with Crippen molar-refractivity contribution in [3.8, 4) is 0 Å². The van der Waals surface area contributed by atoms with Gasteiger partial charge in [0.05, 0.1) is 22.9 Å². The van der Waals surface area contributed by atoms with Gasteiger partial charge in [0, 0.05) is 17.6 Å². The molecule has 1 aromatic heterocycles. The highest BCUT2D eigenvalue weighted by molar-refractivity contribution is 9.10. The van der Waals surface area contributed by atoms with Crippen LogP contribution in [0, 0.1) is 5.82 Å². The summed E-state index contributed by atoms with van der Waals surface area (Å²) in [6.07, 6.45) is 1.76. The largest absolute Gasteiger partial charge is 0.307 e. The van der Waals surface area contributed by atoms with Crippen molar-refractivity contribution in [1.82, 2.24) is 15.3 Å². The molecule has 3 aromatic rings. The quantitative estimate of drug-likeness (QED) is 0.780. The molecule has 0 unspecified atom stereocenters. The van der Waals surface area contributed by atoms with Gasteiger partial charge in [0.15, 0.2) is 0 Å². The standard InChI is InChI=1S/C16H13BrFN3/c17-14-6-5-12(18)7-11(14)8-19-9-13-10-20-15-3-1-2-4-16(15)21-13/h1-7,10,19H,8-9H2. The van der Waals surface area contributed by atoms with Crippen molar-refractivity contribution in [3.63, 3.8) is 0 Å². The van der Waals surface area contributed by atoms with E-state index in [9.17, 15) is 4.39 Å². The van der Waals surface area contributed by atoms with E-state index < -0.39 is 0 Å². The van der Waals surface area contributed by atoms with Gasteiger partial charge in [-0.15, -0.1) is 0 Å². The summed E-state index contributed by atoms with van der Waals surface area (Å²) in [4.78, 5) is 8.90. The predicted octanol–water partition coefficient (Wildman–Crippen LogP) is 3.82. The first-order valence-corrected chi connectivity index (χ1v) is 7.37. The average molecular weight is 346 g/mol. The van der Waals surface area contributed by atoms with E-state index in [1.54, 1.807) is 12.3 Å². The number of halogens is 2. The molecule has 0 bridgehead atoms. The summed E-state index contributed by atoms with van der Waals surface area (Å²) in [5.74, 6) is -0.236. The van der Waals surface area contributed by atoms with E-state index in [1.807, 2.05) is 24.3 Å². The number of hydrogen-bond acceptors (Lipinski definition) is 3. The maximum Gasteiger partial charge on any atom is 0.123 e. The Labute approximate surface area is 130 Å². The Morgan fingerprint density at radius 1 is 1.05 bits per heavy atom. The number of nitrogens with one attached hydrogen (secondary N) is 1. The SMILES string of the molecule is Fc1ccc(Br)c(CNCc2cnc3ccccc3n2)c1. The zero-order chi connectivity index (χ0) is 14.7. The van der Waals surface area contributed by atoms with Crippen molar-refractivity contribution < 1.29 is 4.39 Å². The van der Waals surface area contributed by atoms with Gasteiger partial charge >= 0.3 is 0 Å². The molecule has 0 aliphatic heterocycles. The van der Waals surface area contributed by atoms with Crippen LogP contribution in [0.1, 0.15) is 11.3 Å². The molecule has 2 aromatic carbocycles. The van der Waals surface area contributed by atoms with Crippen LogP contribution in [0.15, 0.2) is 53.1 Å². The van der Waals surface area contributed by atoms with Crippen molar-refractivity contribution in [2.75, 3.05) is 0 Å². The lowest BCUT2D eigenvalue weighted by molar-refractivity contribution is 0.618. The molecular formula is C16H13BrFN3. The molecule has 3 nitrogen and oxygen atoms in total. The van der Waals surface area contributed by atoms with E-state index in [-0.39, 0.29) is 5.82 Å². The summed E-state index contributed by atoms with van der Waals surface area (Å²) in [5.41, 5.74) is 3.50. The van der Waals surface area contributed by atoms with Crippen molar-refractivity contribution in [3.05, 3.63) is 70.2 Å². The summed E-state index contributed by atoms with van der Waals surface area (Å²) in [6, 6.07) is 12.4. The number of para-hydroxylation sites is 2. The third-order valence-corrected chi connectivity index (χ3v) is 3.90. The van der Waals surface area contributed by atoms with Crippen molar-refractivity contribution >= 4 is 27.0 Å². The minimum atomic E-state index is -0.236. The molecule has 0 amide bonds. The third kappa shape index (κ3) is 3.43. The molecule has 106 valence electrons. The number of aromatic nitrogens is 2. The van der Waals surface area contributed by atoms with Crippen LogP contribution in [-0.2, 0) is 13.1 Å². The zero-order valence-electron chi connectivity index (χ0n) is 11.2. The molecule has 0 radical (unpaired) electrons. The smallest absolute Gasteiger partial charge is 0.123 e. The Hall–Kier alpha value is -1.85. The van der Waals surface area contributed by atoms with E-state index in [0.717, 1.165) is 26.8 Å². The number of hydrogen-bond donors (Lipinski definition) is 1. The molecule has 0 saturated heterocycles. The van der Waals surface area contributed by atoms with Gasteiger partial charge in [0.25, 0.3) is 0 Å². The van der Waals surface area contributed by atoms with Gasteiger partial charge in [-0.3, -0.25) is 4.98 Å². The minimum absolute atomic E-state index is 0.236. The van der Waals surface area contributed by atoms with Crippen LogP contribution in [-0.4, -0.2) is 9.97 Å². The molecule has 1 N–H and O–H groups in total. The van der Waals surface area contributed by atoms with Crippen LogP contribution in [0.5, 0.6) is 0 Å². The lowest BCUT2D eigenvalue weighted by Crippen LogP contribution is -2.14. The highest BCUT2D eigenvalue weighted by Gasteiger charge is 2.03. The molecule has 0 atom stereocenters. The second kappa shape index (κ2) is 6.28. The maximum absolute atomic E-state index is 13.2. The Balaban J connectivity index is 1.67. The van der Waals surface area contributed by atoms with E-state index in [2.05, 4.69) is 31.2 Å². The summed E-state index contributed by atoms with van der Waals surface area (Å²) in [5, 5.41) is 3.25. The topological polar surface area (TPSA) is 37.8 Å². The normalized spacial score (nSPS) is 11.0. The molecule has 0 saturated carbocycles. The molecule has 1 heterocycles. The molecule has 5 heteroatoms. The monoisotopic (exact) mass is 345 g/mol. The van der Waals surface area contributed by atoms with Crippen LogP contribution in [0.2, 0.25) is 0 Å². The first kappa shape index (κ1) is 14.1. The number of nitrogens with zero attached hydrogens (tertiary/aromatic N) is 2. The lowest BCUT2D eigenvalue weighted by Gasteiger charge is -2.07. The molecule has 3 rings (SSSR count). The van der Waals surface area contributed by atoms with Gasteiger partial charge in [-0.05, 0) is 35.9 Å². The molecule has 0 spiro atoms. The molecule has 0 aliphatic rings. The second-order valence-electron chi connectivity index (χ2n) is 4.69. The van der Waals surface area contributed by atoms with Gasteiger partial charge < -0.3 is 5.32 Å². The van der Waals surface area contributed by atoms with Gasteiger partial charge in [-0.25, -0.2) is 9.37 Å². The van der Waals surface area contributed by atoms with Gasteiger partial charge in [0.1, 0.15) is 5.82 Å². The average Bonchev–Trinajstić information content (AvgIpc) is 2.50. The van der Waals surface area contributed by atoms with Crippen molar-refractivity contribution in [2.24, 2.45) is 0 Å². The Morgan fingerprint density at radius 2 is 1.86 bits per heavy atom. The summed E-state index contributed by atoms with van der Waals surface area (Å²) >= 11 is 3.41.